The molecule has 1 aliphatic rings. The molecular formula is C20H25N2O2+. The first kappa shape index (κ1) is 16.5. The van der Waals surface area contributed by atoms with E-state index in [1.165, 1.54) is 37.9 Å². The van der Waals surface area contributed by atoms with Crippen LogP contribution >= 0.6 is 0 Å². The molecule has 126 valence electrons. The number of likely N-dealkylation sites (tertiary alicyclic amines) is 1. The topological polar surface area (TPSA) is 42.8 Å². The summed E-state index contributed by atoms with van der Waals surface area (Å²) >= 11 is 0. The maximum atomic E-state index is 12.3. The predicted octanol–water partition coefficient (Wildman–Crippen LogP) is 2.52. The second kappa shape index (κ2) is 7.97. The highest BCUT2D eigenvalue weighted by molar-refractivity contribution is 6.04. The van der Waals surface area contributed by atoms with Gasteiger partial charge in [-0.2, -0.15) is 0 Å². The number of hydrogen-bond donors (Lipinski definition) is 2. The monoisotopic (exact) mass is 325 g/mol. The summed E-state index contributed by atoms with van der Waals surface area (Å²) in [4.78, 5) is 13.9. The molecule has 3 rings (SSSR count). The molecular weight excluding hydrogens is 300 g/mol. The Morgan fingerprint density at radius 2 is 1.67 bits per heavy atom. The third-order valence-electron chi connectivity index (χ3n) is 4.58. The van der Waals surface area contributed by atoms with Crippen molar-refractivity contribution in [2.24, 2.45) is 0 Å². The summed E-state index contributed by atoms with van der Waals surface area (Å²) in [6, 6.07) is 15.3. The molecule has 2 aromatic rings. The maximum Gasteiger partial charge on any atom is 0.255 e. The van der Waals surface area contributed by atoms with E-state index in [1.54, 1.807) is 36.3 Å². The average Bonchev–Trinajstić information content (AvgIpc) is 2.64. The SMILES string of the molecule is COc1ccc(C(=O)Nc2ccc(C[NH+]3CCCCC3)cc2)cc1. The molecule has 0 aliphatic carbocycles. The Labute approximate surface area is 143 Å². The summed E-state index contributed by atoms with van der Waals surface area (Å²) in [5, 5.41) is 2.94. The number of ether oxygens (including phenoxy) is 1. The highest BCUT2D eigenvalue weighted by Crippen LogP contribution is 2.14. The second-order valence-electron chi connectivity index (χ2n) is 6.37. The third-order valence-corrected chi connectivity index (χ3v) is 4.58. The normalized spacial score (nSPS) is 15.0. The Morgan fingerprint density at radius 3 is 2.29 bits per heavy atom. The van der Waals surface area contributed by atoms with E-state index in [1.807, 2.05) is 12.1 Å². The van der Waals surface area contributed by atoms with Gasteiger partial charge in [-0.25, -0.2) is 0 Å². The van der Waals surface area contributed by atoms with Crippen LogP contribution < -0.4 is 15.0 Å². The van der Waals surface area contributed by atoms with Gasteiger partial charge in [-0.3, -0.25) is 4.79 Å². The zero-order valence-electron chi connectivity index (χ0n) is 14.2. The molecule has 2 aromatic carbocycles. The highest BCUT2D eigenvalue weighted by atomic mass is 16.5. The lowest BCUT2D eigenvalue weighted by molar-refractivity contribution is -0.918. The summed E-state index contributed by atoms with van der Waals surface area (Å²) in [5.41, 5.74) is 2.78. The Bertz CT molecular complexity index is 659. The van der Waals surface area contributed by atoms with Crippen LogP contribution in [0.2, 0.25) is 0 Å². The second-order valence-corrected chi connectivity index (χ2v) is 6.37. The first-order chi connectivity index (χ1) is 11.7. The van der Waals surface area contributed by atoms with Crippen molar-refractivity contribution in [3.05, 3.63) is 59.7 Å². The van der Waals surface area contributed by atoms with Crippen LogP contribution in [0.15, 0.2) is 48.5 Å². The minimum absolute atomic E-state index is 0.105. The molecule has 4 nitrogen and oxygen atoms in total. The number of rotatable bonds is 5. The Kier molecular flexibility index (Phi) is 5.49. The lowest BCUT2D eigenvalue weighted by Crippen LogP contribution is -3.11. The van der Waals surface area contributed by atoms with E-state index in [-0.39, 0.29) is 5.91 Å². The van der Waals surface area contributed by atoms with Crippen LogP contribution in [0.25, 0.3) is 0 Å². The number of hydrogen-bond acceptors (Lipinski definition) is 2. The van der Waals surface area contributed by atoms with Crippen LogP contribution in [0, 0.1) is 0 Å². The predicted molar refractivity (Wildman–Crippen MR) is 95.6 cm³/mol. The molecule has 1 amide bonds. The van der Waals surface area contributed by atoms with Crippen molar-refractivity contribution in [1.29, 1.82) is 0 Å². The number of nitrogens with one attached hydrogen (secondary N) is 2. The molecule has 0 unspecified atom stereocenters. The molecule has 0 aromatic heterocycles. The molecule has 0 radical (unpaired) electrons. The van der Waals surface area contributed by atoms with Crippen LogP contribution in [-0.2, 0) is 6.54 Å². The van der Waals surface area contributed by atoms with Crippen LogP contribution in [0.3, 0.4) is 0 Å². The van der Waals surface area contributed by atoms with Crippen LogP contribution in [0.4, 0.5) is 5.69 Å². The van der Waals surface area contributed by atoms with Gasteiger partial charge in [-0.05, 0) is 55.7 Å². The zero-order valence-corrected chi connectivity index (χ0v) is 14.2. The number of carbonyl (C=O) groups excluding carboxylic acids is 1. The van der Waals surface area contributed by atoms with Gasteiger partial charge in [0.05, 0.1) is 20.2 Å². The first-order valence-corrected chi connectivity index (χ1v) is 8.62. The quantitative estimate of drug-likeness (QED) is 0.887. The summed E-state index contributed by atoms with van der Waals surface area (Å²) < 4.78 is 5.11. The lowest BCUT2D eigenvalue weighted by Gasteiger charge is -2.23. The molecule has 2 N–H and O–H groups in total. The Balaban J connectivity index is 1.57. The van der Waals surface area contributed by atoms with E-state index in [2.05, 4.69) is 17.4 Å². The van der Waals surface area contributed by atoms with E-state index in [4.69, 9.17) is 4.74 Å². The molecule has 1 aliphatic heterocycles. The van der Waals surface area contributed by atoms with Crippen molar-refractivity contribution in [1.82, 2.24) is 0 Å². The summed E-state index contributed by atoms with van der Waals surface area (Å²) in [6.07, 6.45) is 4.05. The van der Waals surface area contributed by atoms with Crippen LogP contribution in [0.1, 0.15) is 35.2 Å². The van der Waals surface area contributed by atoms with E-state index in [0.717, 1.165) is 18.0 Å². The minimum Gasteiger partial charge on any atom is -0.497 e. The molecule has 0 bridgehead atoms. The molecule has 1 fully saturated rings. The molecule has 1 heterocycles. The highest BCUT2D eigenvalue weighted by Gasteiger charge is 2.13. The van der Waals surface area contributed by atoms with Gasteiger partial charge < -0.3 is 15.0 Å². The minimum atomic E-state index is -0.105. The first-order valence-electron chi connectivity index (χ1n) is 8.62. The van der Waals surface area contributed by atoms with E-state index < -0.39 is 0 Å². The summed E-state index contributed by atoms with van der Waals surface area (Å²) in [5.74, 6) is 0.642. The number of benzene rings is 2. The van der Waals surface area contributed by atoms with Gasteiger partial charge in [-0.1, -0.05) is 12.1 Å². The fourth-order valence-corrected chi connectivity index (χ4v) is 3.17. The Morgan fingerprint density at radius 1 is 1.00 bits per heavy atom. The molecule has 1 saturated heterocycles. The van der Waals surface area contributed by atoms with Crippen LogP contribution in [-0.4, -0.2) is 26.1 Å². The zero-order chi connectivity index (χ0) is 16.8. The summed E-state index contributed by atoms with van der Waals surface area (Å²) in [6.45, 7) is 3.62. The third kappa shape index (κ3) is 4.36. The van der Waals surface area contributed by atoms with Gasteiger partial charge in [-0.15, -0.1) is 0 Å². The average molecular weight is 325 g/mol. The lowest BCUT2D eigenvalue weighted by atomic mass is 10.1. The van der Waals surface area contributed by atoms with Crippen molar-refractivity contribution in [3.8, 4) is 5.75 Å². The molecule has 0 atom stereocenters. The van der Waals surface area contributed by atoms with Crippen molar-refractivity contribution in [3.63, 3.8) is 0 Å². The van der Waals surface area contributed by atoms with Crippen molar-refractivity contribution in [2.75, 3.05) is 25.5 Å². The molecule has 4 heteroatoms. The number of methoxy groups -OCH3 is 1. The van der Waals surface area contributed by atoms with E-state index >= 15 is 0 Å². The fraction of sp³-hybridized carbons (Fsp3) is 0.350. The molecule has 0 saturated carbocycles. The fourth-order valence-electron chi connectivity index (χ4n) is 3.17. The number of amides is 1. The number of anilines is 1. The van der Waals surface area contributed by atoms with Gasteiger partial charge in [0, 0.05) is 16.8 Å². The Hall–Kier alpha value is -2.33. The number of quaternary nitrogens is 1. The molecule has 0 spiro atoms. The van der Waals surface area contributed by atoms with Crippen LogP contribution in [0.5, 0.6) is 5.75 Å². The van der Waals surface area contributed by atoms with Crippen molar-refractivity contribution >= 4 is 11.6 Å². The smallest absolute Gasteiger partial charge is 0.255 e. The standard InChI is InChI=1S/C20H24N2O2/c1-24-19-11-7-17(8-12-19)20(23)21-18-9-5-16(6-10-18)15-22-13-3-2-4-14-22/h5-12H,2-4,13-15H2,1H3,(H,21,23)/p+1. The largest absolute Gasteiger partial charge is 0.497 e. The van der Waals surface area contributed by atoms with E-state index in [9.17, 15) is 4.79 Å². The van der Waals surface area contributed by atoms with Crippen molar-refractivity contribution in [2.45, 2.75) is 25.8 Å². The van der Waals surface area contributed by atoms with E-state index in [0.29, 0.717) is 5.56 Å². The van der Waals surface area contributed by atoms with Gasteiger partial charge in [0.1, 0.15) is 12.3 Å². The number of carbonyl (C=O) groups is 1. The van der Waals surface area contributed by atoms with Gasteiger partial charge in [0.25, 0.3) is 5.91 Å². The van der Waals surface area contributed by atoms with Crippen molar-refractivity contribution < 1.29 is 14.4 Å². The van der Waals surface area contributed by atoms with Gasteiger partial charge in [0.2, 0.25) is 0 Å². The molecule has 24 heavy (non-hydrogen) atoms. The van der Waals surface area contributed by atoms with Gasteiger partial charge in [0.15, 0.2) is 0 Å². The van der Waals surface area contributed by atoms with Gasteiger partial charge >= 0.3 is 0 Å². The number of piperidine rings is 1. The summed E-state index contributed by atoms with van der Waals surface area (Å²) in [7, 11) is 1.61. The maximum absolute atomic E-state index is 12.3.